The average Bonchev–Trinajstić information content (AvgIpc) is 2.76. The van der Waals surface area contributed by atoms with Crippen molar-refractivity contribution in [3.05, 3.63) is 51.2 Å². The molecule has 94 valence electrons. The van der Waals surface area contributed by atoms with Gasteiger partial charge in [-0.05, 0) is 30.7 Å². The predicted molar refractivity (Wildman–Crippen MR) is 69.6 cm³/mol. The van der Waals surface area contributed by atoms with E-state index >= 15 is 0 Å². The van der Waals surface area contributed by atoms with Crippen LogP contribution in [0.15, 0.2) is 30.5 Å². The maximum Gasteiger partial charge on any atom is 0.252 e. The Kier molecular flexibility index (Phi) is 4.28. The van der Waals surface area contributed by atoms with Gasteiger partial charge in [-0.1, -0.05) is 11.6 Å². The van der Waals surface area contributed by atoms with E-state index in [9.17, 15) is 9.18 Å². The van der Waals surface area contributed by atoms with E-state index in [4.69, 9.17) is 11.6 Å². The fourth-order valence-corrected chi connectivity index (χ4v) is 2.48. The topological polar surface area (TPSA) is 42.0 Å². The monoisotopic (exact) mass is 284 g/mol. The summed E-state index contributed by atoms with van der Waals surface area (Å²) in [4.78, 5) is 16.2. The van der Waals surface area contributed by atoms with Crippen LogP contribution in [0.3, 0.4) is 0 Å². The smallest absolute Gasteiger partial charge is 0.252 e. The molecule has 0 spiro atoms. The summed E-state index contributed by atoms with van der Waals surface area (Å²) in [7, 11) is 0. The largest absolute Gasteiger partial charge is 0.352 e. The summed E-state index contributed by atoms with van der Waals surface area (Å²) in [6.07, 6.45) is 1.93. The van der Waals surface area contributed by atoms with E-state index in [1.54, 1.807) is 0 Å². The van der Waals surface area contributed by atoms with Crippen LogP contribution < -0.4 is 5.32 Å². The number of nitrogens with zero attached hydrogens (tertiary/aromatic N) is 1. The minimum Gasteiger partial charge on any atom is -0.352 e. The predicted octanol–water partition coefficient (Wildman–Crippen LogP) is 2.91. The molecule has 0 unspecified atom stereocenters. The van der Waals surface area contributed by atoms with E-state index in [-0.39, 0.29) is 5.91 Å². The van der Waals surface area contributed by atoms with Crippen molar-refractivity contribution in [3.8, 4) is 0 Å². The third-order valence-corrected chi connectivity index (χ3v) is 3.57. The molecule has 2 aromatic heterocycles. The zero-order valence-electron chi connectivity index (χ0n) is 9.32. The molecule has 0 saturated heterocycles. The van der Waals surface area contributed by atoms with Crippen molar-refractivity contribution in [3.63, 3.8) is 0 Å². The Hall–Kier alpha value is -1.46. The van der Waals surface area contributed by atoms with Crippen LogP contribution in [0.2, 0.25) is 4.34 Å². The molecule has 0 aliphatic carbocycles. The van der Waals surface area contributed by atoms with Crippen molar-refractivity contribution in [2.45, 2.75) is 6.42 Å². The van der Waals surface area contributed by atoms with Crippen LogP contribution in [0.25, 0.3) is 0 Å². The Labute approximate surface area is 113 Å². The van der Waals surface area contributed by atoms with E-state index in [1.165, 1.54) is 23.6 Å². The number of carbonyl (C=O) groups excluding carboxylic acids is 1. The number of rotatable bonds is 4. The highest BCUT2D eigenvalue weighted by Gasteiger charge is 2.06. The molecule has 0 saturated carbocycles. The quantitative estimate of drug-likeness (QED) is 0.877. The van der Waals surface area contributed by atoms with Gasteiger partial charge in [0.2, 0.25) is 5.95 Å². The van der Waals surface area contributed by atoms with Crippen molar-refractivity contribution in [2.75, 3.05) is 6.54 Å². The van der Waals surface area contributed by atoms with Crippen molar-refractivity contribution in [1.82, 2.24) is 10.3 Å². The Morgan fingerprint density at radius 1 is 1.39 bits per heavy atom. The summed E-state index contributed by atoms with van der Waals surface area (Å²) in [6, 6.07) is 6.32. The van der Waals surface area contributed by atoms with Crippen LogP contribution in [0.1, 0.15) is 15.2 Å². The van der Waals surface area contributed by atoms with E-state index < -0.39 is 5.95 Å². The van der Waals surface area contributed by atoms with E-state index in [0.717, 1.165) is 21.7 Å². The van der Waals surface area contributed by atoms with Crippen LogP contribution in [-0.4, -0.2) is 17.4 Å². The molecule has 0 fully saturated rings. The molecule has 2 heterocycles. The molecule has 0 bridgehead atoms. The normalized spacial score (nSPS) is 10.3. The molecular formula is C12H10ClFN2OS. The van der Waals surface area contributed by atoms with Crippen LogP contribution >= 0.6 is 22.9 Å². The number of aromatic nitrogens is 1. The van der Waals surface area contributed by atoms with E-state index in [0.29, 0.717) is 12.1 Å². The molecule has 2 rings (SSSR count). The summed E-state index contributed by atoms with van der Waals surface area (Å²) >= 11 is 7.29. The van der Waals surface area contributed by atoms with Crippen molar-refractivity contribution >= 4 is 28.8 Å². The Morgan fingerprint density at radius 2 is 2.22 bits per heavy atom. The van der Waals surface area contributed by atoms with Gasteiger partial charge >= 0.3 is 0 Å². The van der Waals surface area contributed by atoms with Gasteiger partial charge in [-0.15, -0.1) is 11.3 Å². The zero-order valence-corrected chi connectivity index (χ0v) is 10.9. The van der Waals surface area contributed by atoms with Gasteiger partial charge in [0.05, 0.1) is 9.90 Å². The maximum atomic E-state index is 12.6. The SMILES string of the molecule is O=C(NCCc1ccc(Cl)s1)c1ccc(F)nc1. The van der Waals surface area contributed by atoms with Crippen molar-refractivity contribution < 1.29 is 9.18 Å². The van der Waals surface area contributed by atoms with E-state index in [1.807, 2.05) is 12.1 Å². The fourth-order valence-electron chi connectivity index (χ4n) is 1.40. The Balaban J connectivity index is 1.83. The van der Waals surface area contributed by atoms with Gasteiger partial charge < -0.3 is 5.32 Å². The third-order valence-electron chi connectivity index (χ3n) is 2.28. The lowest BCUT2D eigenvalue weighted by atomic mass is 10.2. The highest BCUT2D eigenvalue weighted by Crippen LogP contribution is 2.21. The molecule has 18 heavy (non-hydrogen) atoms. The minimum absolute atomic E-state index is 0.259. The van der Waals surface area contributed by atoms with E-state index in [2.05, 4.69) is 10.3 Å². The van der Waals surface area contributed by atoms with Crippen LogP contribution in [0, 0.1) is 5.95 Å². The molecule has 0 aromatic carbocycles. The zero-order chi connectivity index (χ0) is 13.0. The molecule has 1 N–H and O–H groups in total. The highest BCUT2D eigenvalue weighted by molar-refractivity contribution is 7.16. The third kappa shape index (κ3) is 3.51. The summed E-state index contributed by atoms with van der Waals surface area (Å²) in [5, 5.41) is 2.74. The van der Waals surface area contributed by atoms with Gasteiger partial charge in [0.1, 0.15) is 0 Å². The average molecular weight is 285 g/mol. The van der Waals surface area contributed by atoms with Crippen LogP contribution in [-0.2, 0) is 6.42 Å². The summed E-state index contributed by atoms with van der Waals surface area (Å²) in [5.41, 5.74) is 0.348. The second-order valence-corrected chi connectivity index (χ2v) is 5.38. The standard InChI is InChI=1S/C12H10ClFN2OS/c13-10-3-2-9(18-10)5-6-15-12(17)8-1-4-11(14)16-7-8/h1-4,7H,5-6H2,(H,15,17). The first-order chi connectivity index (χ1) is 8.65. The lowest BCUT2D eigenvalue weighted by Gasteiger charge is -2.03. The minimum atomic E-state index is -0.597. The lowest BCUT2D eigenvalue weighted by Crippen LogP contribution is -2.25. The second kappa shape index (κ2) is 5.93. The second-order valence-electron chi connectivity index (χ2n) is 3.58. The van der Waals surface area contributed by atoms with Crippen molar-refractivity contribution in [2.24, 2.45) is 0 Å². The first kappa shape index (κ1) is 13.0. The maximum absolute atomic E-state index is 12.6. The van der Waals surface area contributed by atoms with Gasteiger partial charge in [0.25, 0.3) is 5.91 Å². The highest BCUT2D eigenvalue weighted by atomic mass is 35.5. The van der Waals surface area contributed by atoms with Gasteiger partial charge in [-0.2, -0.15) is 4.39 Å². The number of carbonyl (C=O) groups is 1. The van der Waals surface area contributed by atoms with Gasteiger partial charge in [-0.25, -0.2) is 4.98 Å². The number of nitrogens with one attached hydrogen (secondary N) is 1. The van der Waals surface area contributed by atoms with Gasteiger partial charge in [-0.3, -0.25) is 4.79 Å². The molecule has 0 aliphatic heterocycles. The lowest BCUT2D eigenvalue weighted by molar-refractivity contribution is 0.0953. The molecular weight excluding hydrogens is 275 g/mol. The Morgan fingerprint density at radius 3 is 2.83 bits per heavy atom. The first-order valence-electron chi connectivity index (χ1n) is 5.29. The summed E-state index contributed by atoms with van der Waals surface area (Å²) in [6.45, 7) is 0.507. The molecule has 0 aliphatic rings. The summed E-state index contributed by atoms with van der Waals surface area (Å²) in [5.74, 6) is -0.857. The number of hydrogen-bond acceptors (Lipinski definition) is 3. The Bertz CT molecular complexity index is 541. The van der Waals surface area contributed by atoms with Crippen LogP contribution in [0.4, 0.5) is 4.39 Å². The summed E-state index contributed by atoms with van der Waals surface area (Å²) < 4.78 is 13.3. The molecule has 6 heteroatoms. The number of amides is 1. The molecule has 1 amide bonds. The van der Waals surface area contributed by atoms with Gasteiger partial charge in [0, 0.05) is 17.6 Å². The first-order valence-corrected chi connectivity index (χ1v) is 6.48. The number of pyridine rings is 1. The van der Waals surface area contributed by atoms with Gasteiger partial charge in [0.15, 0.2) is 0 Å². The number of halogens is 2. The number of hydrogen-bond donors (Lipinski definition) is 1. The molecule has 0 atom stereocenters. The molecule has 2 aromatic rings. The fraction of sp³-hybridized carbons (Fsp3) is 0.167. The van der Waals surface area contributed by atoms with Crippen molar-refractivity contribution in [1.29, 1.82) is 0 Å². The number of thiophene rings is 1. The van der Waals surface area contributed by atoms with Crippen LogP contribution in [0.5, 0.6) is 0 Å². The molecule has 3 nitrogen and oxygen atoms in total. The molecule has 0 radical (unpaired) electrons.